The van der Waals surface area contributed by atoms with Gasteiger partial charge < -0.3 is 15.1 Å². The van der Waals surface area contributed by atoms with E-state index in [0.717, 1.165) is 31.7 Å². The minimum atomic E-state index is -0.513. The summed E-state index contributed by atoms with van der Waals surface area (Å²) in [5.41, 5.74) is 1.15. The predicted molar refractivity (Wildman–Crippen MR) is 114 cm³/mol. The second kappa shape index (κ2) is 9.00. The zero-order valence-electron chi connectivity index (χ0n) is 16.6. The first-order chi connectivity index (χ1) is 14.5. The second-order valence-corrected chi connectivity index (χ2v) is 8.19. The molecule has 1 N–H and O–H groups in total. The van der Waals surface area contributed by atoms with E-state index in [1.54, 1.807) is 12.3 Å². The van der Waals surface area contributed by atoms with Crippen LogP contribution in [-0.2, 0) is 4.79 Å². The Hall–Kier alpha value is -2.67. The third-order valence-electron chi connectivity index (χ3n) is 5.76. The first-order valence-corrected chi connectivity index (χ1v) is 10.7. The molecule has 4 rings (SSSR count). The van der Waals surface area contributed by atoms with Crippen molar-refractivity contribution in [1.82, 2.24) is 9.88 Å². The van der Waals surface area contributed by atoms with Crippen molar-refractivity contribution >= 4 is 34.9 Å². The fraction of sp³-hybridized carbons (Fsp3) is 0.409. The molecule has 30 heavy (non-hydrogen) atoms. The lowest BCUT2D eigenvalue weighted by Crippen LogP contribution is -2.38. The van der Waals surface area contributed by atoms with Crippen molar-refractivity contribution in [1.29, 1.82) is 0 Å². The summed E-state index contributed by atoms with van der Waals surface area (Å²) >= 11 is 5.78. The predicted octanol–water partition coefficient (Wildman–Crippen LogP) is 3.97. The molecule has 2 saturated heterocycles. The summed E-state index contributed by atoms with van der Waals surface area (Å²) in [5, 5.41) is 2.80. The van der Waals surface area contributed by atoms with Gasteiger partial charge in [-0.25, -0.2) is 9.37 Å². The summed E-state index contributed by atoms with van der Waals surface area (Å²) in [5.74, 6) is 0.0799. The van der Waals surface area contributed by atoms with Crippen LogP contribution >= 0.6 is 11.6 Å². The minimum absolute atomic E-state index is 0.0166. The lowest BCUT2D eigenvalue weighted by molar-refractivity contribution is -0.120. The third-order valence-corrected chi connectivity index (χ3v) is 6.05. The summed E-state index contributed by atoms with van der Waals surface area (Å²) in [7, 11) is 0. The molecule has 6 nitrogen and oxygen atoms in total. The molecule has 0 unspecified atom stereocenters. The normalized spacial score (nSPS) is 17.3. The molecule has 158 valence electrons. The van der Waals surface area contributed by atoms with Crippen LogP contribution in [0.4, 0.5) is 15.9 Å². The molecule has 1 aromatic carbocycles. The standard InChI is InChI=1S/C22H24ClFN4O2/c23-18-14-17(3-4-19(18)24)26-21(29)15-6-11-27(12-7-15)20-13-16(5-8-25-20)22(30)28-9-1-2-10-28/h3-5,8,13-15H,1-2,6-7,9-12H2,(H,26,29). The van der Waals surface area contributed by atoms with Gasteiger partial charge >= 0.3 is 0 Å². The van der Waals surface area contributed by atoms with Crippen LogP contribution in [0, 0.1) is 11.7 Å². The van der Waals surface area contributed by atoms with Crippen LogP contribution in [0.3, 0.4) is 0 Å². The highest BCUT2D eigenvalue weighted by Crippen LogP contribution is 2.25. The molecule has 2 fully saturated rings. The van der Waals surface area contributed by atoms with Crippen molar-refractivity contribution in [3.63, 3.8) is 0 Å². The first-order valence-electron chi connectivity index (χ1n) is 10.3. The number of hydrogen-bond acceptors (Lipinski definition) is 4. The van der Waals surface area contributed by atoms with Crippen molar-refractivity contribution in [3.8, 4) is 0 Å². The Bertz CT molecular complexity index is 940. The smallest absolute Gasteiger partial charge is 0.254 e. The maximum atomic E-state index is 13.3. The van der Waals surface area contributed by atoms with Crippen LogP contribution in [0.15, 0.2) is 36.5 Å². The number of piperidine rings is 1. The van der Waals surface area contributed by atoms with Crippen molar-refractivity contribution in [3.05, 3.63) is 52.9 Å². The maximum absolute atomic E-state index is 13.3. The summed E-state index contributed by atoms with van der Waals surface area (Å²) < 4.78 is 13.3. The Morgan fingerprint density at radius 1 is 1.07 bits per heavy atom. The molecule has 2 aromatic rings. The van der Waals surface area contributed by atoms with Gasteiger partial charge in [0.25, 0.3) is 5.91 Å². The lowest BCUT2D eigenvalue weighted by atomic mass is 9.95. The highest BCUT2D eigenvalue weighted by molar-refractivity contribution is 6.31. The molecule has 0 aliphatic carbocycles. The zero-order valence-corrected chi connectivity index (χ0v) is 17.4. The van der Waals surface area contributed by atoms with Gasteiger partial charge in [0, 0.05) is 49.5 Å². The Morgan fingerprint density at radius 2 is 1.80 bits per heavy atom. The molecular formula is C22H24ClFN4O2. The molecule has 2 amide bonds. The van der Waals surface area contributed by atoms with Gasteiger partial charge in [-0.3, -0.25) is 9.59 Å². The Morgan fingerprint density at radius 3 is 2.50 bits per heavy atom. The number of rotatable bonds is 4. The van der Waals surface area contributed by atoms with Crippen molar-refractivity contribution in [2.45, 2.75) is 25.7 Å². The Labute approximate surface area is 180 Å². The quantitative estimate of drug-likeness (QED) is 0.797. The number of halogens is 2. The van der Waals surface area contributed by atoms with Gasteiger partial charge in [-0.05, 0) is 56.0 Å². The largest absolute Gasteiger partial charge is 0.357 e. The highest BCUT2D eigenvalue weighted by atomic mass is 35.5. The molecule has 2 aliphatic heterocycles. The first kappa shape index (κ1) is 20.6. The van der Waals surface area contributed by atoms with Crippen molar-refractivity contribution < 1.29 is 14.0 Å². The summed E-state index contributed by atoms with van der Waals surface area (Å²) in [4.78, 5) is 33.6. The van der Waals surface area contributed by atoms with Gasteiger partial charge in [0.15, 0.2) is 0 Å². The van der Waals surface area contributed by atoms with Gasteiger partial charge in [-0.1, -0.05) is 11.6 Å². The lowest BCUT2D eigenvalue weighted by Gasteiger charge is -2.32. The van der Waals surface area contributed by atoms with Gasteiger partial charge in [-0.2, -0.15) is 0 Å². The molecule has 0 spiro atoms. The van der Waals surface area contributed by atoms with E-state index in [1.807, 2.05) is 11.0 Å². The number of amides is 2. The van der Waals surface area contributed by atoms with E-state index in [2.05, 4.69) is 15.2 Å². The van der Waals surface area contributed by atoms with Crippen LogP contribution in [0.1, 0.15) is 36.0 Å². The van der Waals surface area contributed by atoms with E-state index < -0.39 is 5.82 Å². The number of nitrogens with one attached hydrogen (secondary N) is 1. The van der Waals surface area contributed by atoms with E-state index in [0.29, 0.717) is 37.2 Å². The number of pyridine rings is 1. The van der Waals surface area contributed by atoms with Gasteiger partial charge in [-0.15, -0.1) is 0 Å². The summed E-state index contributed by atoms with van der Waals surface area (Å²) in [6, 6.07) is 7.76. The number of hydrogen-bond donors (Lipinski definition) is 1. The Balaban J connectivity index is 1.35. The van der Waals surface area contributed by atoms with Crippen LogP contribution < -0.4 is 10.2 Å². The number of aromatic nitrogens is 1. The fourth-order valence-corrected chi connectivity index (χ4v) is 4.20. The molecule has 0 radical (unpaired) electrons. The molecule has 0 atom stereocenters. The highest BCUT2D eigenvalue weighted by Gasteiger charge is 2.27. The van der Waals surface area contributed by atoms with Crippen LogP contribution in [-0.4, -0.2) is 47.9 Å². The molecule has 2 aliphatic rings. The number of likely N-dealkylation sites (tertiary alicyclic amines) is 1. The van der Waals surface area contributed by atoms with E-state index in [9.17, 15) is 14.0 Å². The van der Waals surface area contributed by atoms with E-state index in [4.69, 9.17) is 11.6 Å². The zero-order chi connectivity index (χ0) is 21.1. The summed E-state index contributed by atoms with van der Waals surface area (Å²) in [6.45, 7) is 2.99. The molecular weight excluding hydrogens is 407 g/mol. The van der Waals surface area contributed by atoms with Gasteiger partial charge in [0.2, 0.25) is 5.91 Å². The number of carbonyl (C=O) groups is 2. The third kappa shape index (κ3) is 4.56. The number of anilines is 2. The Kier molecular flexibility index (Phi) is 6.18. The SMILES string of the molecule is O=C(Nc1ccc(F)c(Cl)c1)C1CCN(c2cc(C(=O)N3CCCC3)ccn2)CC1. The fourth-order valence-electron chi connectivity index (χ4n) is 4.02. The average molecular weight is 431 g/mol. The second-order valence-electron chi connectivity index (χ2n) is 7.78. The number of carbonyl (C=O) groups excluding carboxylic acids is 2. The molecule has 1 aromatic heterocycles. The van der Waals surface area contributed by atoms with Gasteiger partial charge in [0.1, 0.15) is 11.6 Å². The van der Waals surface area contributed by atoms with Crippen LogP contribution in [0.2, 0.25) is 5.02 Å². The van der Waals surface area contributed by atoms with Crippen LogP contribution in [0.25, 0.3) is 0 Å². The van der Waals surface area contributed by atoms with Gasteiger partial charge in [0.05, 0.1) is 5.02 Å². The summed E-state index contributed by atoms with van der Waals surface area (Å²) in [6.07, 6.45) is 5.14. The van der Waals surface area contributed by atoms with E-state index in [-0.39, 0.29) is 22.8 Å². The van der Waals surface area contributed by atoms with E-state index in [1.165, 1.54) is 18.2 Å². The molecule has 0 saturated carbocycles. The molecule has 3 heterocycles. The number of nitrogens with zero attached hydrogens (tertiary/aromatic N) is 3. The van der Waals surface area contributed by atoms with Crippen molar-refractivity contribution in [2.24, 2.45) is 5.92 Å². The van der Waals surface area contributed by atoms with E-state index >= 15 is 0 Å². The monoisotopic (exact) mass is 430 g/mol. The minimum Gasteiger partial charge on any atom is -0.357 e. The molecule has 0 bridgehead atoms. The number of benzene rings is 1. The van der Waals surface area contributed by atoms with Crippen LogP contribution in [0.5, 0.6) is 0 Å². The maximum Gasteiger partial charge on any atom is 0.254 e. The topological polar surface area (TPSA) is 65.5 Å². The van der Waals surface area contributed by atoms with Crippen molar-refractivity contribution in [2.75, 3.05) is 36.4 Å². The average Bonchev–Trinajstić information content (AvgIpc) is 3.31. The molecule has 8 heteroatoms.